The van der Waals surface area contributed by atoms with Crippen LogP contribution in [-0.4, -0.2) is 56.7 Å². The number of ether oxygens (including phenoxy) is 2. The number of likely N-dealkylation sites (tertiary alicyclic amines) is 1. The van der Waals surface area contributed by atoms with Crippen molar-refractivity contribution in [2.75, 3.05) is 26.3 Å². The predicted octanol–water partition coefficient (Wildman–Crippen LogP) is 4.29. The van der Waals surface area contributed by atoms with Crippen LogP contribution in [0.2, 0.25) is 10.0 Å². The number of thiazole rings is 1. The molecule has 4 heterocycles. The maximum absolute atomic E-state index is 11.0. The third-order valence-electron chi connectivity index (χ3n) is 5.80. The number of aromatic hydroxyl groups is 1. The van der Waals surface area contributed by atoms with E-state index >= 15 is 0 Å². The molecular weight excluding hydrogens is 447 g/mol. The fourth-order valence-corrected chi connectivity index (χ4v) is 5.89. The SMILES string of the molecule is CCc1nc2sc([C@@H](c3ccc(Cl)cc3Cl)N3CCC4(CC3)OCCO4)c(O)n2n1. The van der Waals surface area contributed by atoms with Gasteiger partial charge in [-0.1, -0.05) is 47.5 Å². The summed E-state index contributed by atoms with van der Waals surface area (Å²) in [7, 11) is 0. The molecule has 2 fully saturated rings. The Morgan fingerprint density at radius 3 is 2.60 bits per heavy atom. The van der Waals surface area contributed by atoms with Gasteiger partial charge in [-0.3, -0.25) is 4.90 Å². The van der Waals surface area contributed by atoms with Gasteiger partial charge in [-0.25, -0.2) is 4.98 Å². The summed E-state index contributed by atoms with van der Waals surface area (Å²) in [5, 5.41) is 16.6. The summed E-state index contributed by atoms with van der Waals surface area (Å²) in [6, 6.07) is 5.25. The van der Waals surface area contributed by atoms with Crippen molar-refractivity contribution in [1.29, 1.82) is 0 Å². The molecule has 2 aromatic heterocycles. The summed E-state index contributed by atoms with van der Waals surface area (Å²) < 4.78 is 13.3. The van der Waals surface area contributed by atoms with Gasteiger partial charge in [-0.05, 0) is 17.7 Å². The molecule has 0 saturated carbocycles. The fourth-order valence-electron chi connectivity index (χ4n) is 4.25. The van der Waals surface area contributed by atoms with E-state index in [1.54, 1.807) is 6.07 Å². The number of hydrogen-bond donors (Lipinski definition) is 1. The number of hydrogen-bond acceptors (Lipinski definition) is 7. The Labute approximate surface area is 188 Å². The van der Waals surface area contributed by atoms with Crippen molar-refractivity contribution in [1.82, 2.24) is 19.5 Å². The quantitative estimate of drug-likeness (QED) is 0.615. The van der Waals surface area contributed by atoms with Crippen molar-refractivity contribution in [3.05, 3.63) is 44.5 Å². The first-order chi connectivity index (χ1) is 14.5. The third kappa shape index (κ3) is 3.49. The number of nitrogens with zero attached hydrogens (tertiary/aromatic N) is 4. The highest BCUT2D eigenvalue weighted by Gasteiger charge is 2.42. The summed E-state index contributed by atoms with van der Waals surface area (Å²) in [6.45, 7) is 4.76. The highest BCUT2D eigenvalue weighted by molar-refractivity contribution is 7.17. The van der Waals surface area contributed by atoms with E-state index in [1.165, 1.54) is 15.9 Å². The first-order valence-electron chi connectivity index (χ1n) is 10.0. The molecule has 0 aliphatic carbocycles. The van der Waals surface area contributed by atoms with Crippen molar-refractivity contribution in [2.45, 2.75) is 38.0 Å². The van der Waals surface area contributed by atoms with Gasteiger partial charge in [-0.15, -0.1) is 5.10 Å². The molecule has 1 spiro atoms. The lowest BCUT2D eigenvalue weighted by atomic mass is 9.97. The number of piperidine rings is 1. The van der Waals surface area contributed by atoms with Gasteiger partial charge >= 0.3 is 0 Å². The maximum Gasteiger partial charge on any atom is 0.230 e. The molecule has 1 N–H and O–H groups in total. The van der Waals surface area contributed by atoms with Crippen LogP contribution < -0.4 is 0 Å². The first kappa shape index (κ1) is 20.5. The molecule has 3 aromatic rings. The second-order valence-corrected chi connectivity index (χ2v) is 9.43. The van der Waals surface area contributed by atoms with Crippen molar-refractivity contribution >= 4 is 39.5 Å². The largest absolute Gasteiger partial charge is 0.492 e. The number of benzene rings is 1. The normalized spacial score (nSPS) is 20.4. The summed E-state index contributed by atoms with van der Waals surface area (Å²) in [4.78, 5) is 8.27. The number of halogens is 2. The minimum Gasteiger partial charge on any atom is -0.492 e. The Kier molecular flexibility index (Phi) is 5.41. The maximum atomic E-state index is 11.0. The van der Waals surface area contributed by atoms with Crippen LogP contribution in [0.4, 0.5) is 0 Å². The van der Waals surface area contributed by atoms with Gasteiger partial charge in [0, 0.05) is 42.4 Å². The van der Waals surface area contributed by atoms with Gasteiger partial charge in [0.25, 0.3) is 0 Å². The number of aromatic nitrogens is 3. The van der Waals surface area contributed by atoms with Crippen molar-refractivity contribution < 1.29 is 14.6 Å². The van der Waals surface area contributed by atoms with Crippen LogP contribution in [-0.2, 0) is 15.9 Å². The Hall–Kier alpha value is -1.42. The zero-order chi connectivity index (χ0) is 20.9. The fraction of sp³-hybridized carbons (Fsp3) is 0.500. The average molecular weight is 469 g/mol. The zero-order valence-corrected chi connectivity index (χ0v) is 18.8. The highest BCUT2D eigenvalue weighted by atomic mass is 35.5. The van der Waals surface area contributed by atoms with E-state index in [0.717, 1.165) is 36.4 Å². The average Bonchev–Trinajstić information content (AvgIpc) is 3.43. The van der Waals surface area contributed by atoms with Crippen LogP contribution in [0.5, 0.6) is 5.88 Å². The van der Waals surface area contributed by atoms with Gasteiger partial charge in [0.15, 0.2) is 11.6 Å². The van der Waals surface area contributed by atoms with Crippen LogP contribution in [0.25, 0.3) is 4.96 Å². The highest BCUT2D eigenvalue weighted by Crippen LogP contribution is 2.44. The molecule has 2 aliphatic rings. The predicted molar refractivity (Wildman–Crippen MR) is 116 cm³/mol. The number of fused-ring (bicyclic) bond motifs is 1. The second kappa shape index (κ2) is 7.93. The Balaban J connectivity index is 1.55. The smallest absolute Gasteiger partial charge is 0.230 e. The molecule has 160 valence electrons. The van der Waals surface area contributed by atoms with E-state index < -0.39 is 5.79 Å². The van der Waals surface area contributed by atoms with Crippen LogP contribution in [0, 0.1) is 0 Å². The van der Waals surface area contributed by atoms with Crippen LogP contribution in [0.3, 0.4) is 0 Å². The lowest BCUT2D eigenvalue weighted by molar-refractivity contribution is -0.187. The lowest BCUT2D eigenvalue weighted by Gasteiger charge is -2.41. The molecular formula is C20H22Cl2N4O3S. The molecule has 5 rings (SSSR count). The summed E-state index contributed by atoms with van der Waals surface area (Å²) in [5.74, 6) is 0.334. The van der Waals surface area contributed by atoms with Crippen molar-refractivity contribution in [3.63, 3.8) is 0 Å². The van der Waals surface area contributed by atoms with E-state index in [2.05, 4.69) is 15.0 Å². The van der Waals surface area contributed by atoms with Gasteiger partial charge in [0.05, 0.1) is 24.1 Å². The van der Waals surface area contributed by atoms with E-state index in [1.807, 2.05) is 19.1 Å². The molecule has 2 aliphatic heterocycles. The molecule has 1 atom stereocenters. The molecule has 0 amide bonds. The third-order valence-corrected chi connectivity index (χ3v) is 7.44. The van der Waals surface area contributed by atoms with E-state index in [0.29, 0.717) is 40.5 Å². The minimum atomic E-state index is -0.478. The molecule has 0 radical (unpaired) electrons. The van der Waals surface area contributed by atoms with Crippen LogP contribution in [0.15, 0.2) is 18.2 Å². The van der Waals surface area contributed by atoms with Crippen LogP contribution >= 0.6 is 34.5 Å². The van der Waals surface area contributed by atoms with E-state index in [9.17, 15) is 5.11 Å². The zero-order valence-electron chi connectivity index (χ0n) is 16.5. The Morgan fingerprint density at radius 1 is 1.23 bits per heavy atom. The Morgan fingerprint density at radius 2 is 1.97 bits per heavy atom. The van der Waals surface area contributed by atoms with E-state index in [-0.39, 0.29) is 11.9 Å². The topological polar surface area (TPSA) is 72.1 Å². The van der Waals surface area contributed by atoms with Crippen molar-refractivity contribution in [2.24, 2.45) is 0 Å². The molecule has 30 heavy (non-hydrogen) atoms. The van der Waals surface area contributed by atoms with Gasteiger partial charge in [0.2, 0.25) is 10.8 Å². The van der Waals surface area contributed by atoms with Crippen LogP contribution in [0.1, 0.15) is 42.1 Å². The lowest BCUT2D eigenvalue weighted by Crippen LogP contribution is -2.46. The van der Waals surface area contributed by atoms with Gasteiger partial charge in [0.1, 0.15) is 0 Å². The van der Waals surface area contributed by atoms with E-state index in [4.69, 9.17) is 32.7 Å². The summed E-state index contributed by atoms with van der Waals surface area (Å²) >= 11 is 14.2. The summed E-state index contributed by atoms with van der Waals surface area (Å²) in [5.41, 5.74) is 0.890. The second-order valence-electron chi connectivity index (χ2n) is 7.58. The first-order valence-corrected chi connectivity index (χ1v) is 11.6. The molecule has 0 bridgehead atoms. The van der Waals surface area contributed by atoms with Gasteiger partial charge < -0.3 is 14.6 Å². The van der Waals surface area contributed by atoms with Gasteiger partial charge in [-0.2, -0.15) is 4.52 Å². The van der Waals surface area contributed by atoms with Crippen molar-refractivity contribution in [3.8, 4) is 5.88 Å². The molecule has 1 aromatic carbocycles. The molecule has 7 nitrogen and oxygen atoms in total. The summed E-state index contributed by atoms with van der Waals surface area (Å²) in [6.07, 6.45) is 2.23. The molecule has 0 unspecified atom stereocenters. The number of aryl methyl sites for hydroxylation is 1. The standard InChI is InChI=1S/C20H22Cl2N4O3S/c1-2-15-23-19-26(24-15)18(27)17(30-19)16(13-4-3-12(21)11-14(13)22)25-7-5-20(6-8-25)28-9-10-29-20/h3-4,11,16,27H,2,5-10H2,1H3/t16-/m1/s1. The Bertz CT molecular complexity index is 1070. The molecule has 2 saturated heterocycles. The minimum absolute atomic E-state index is 0.104. The monoisotopic (exact) mass is 468 g/mol. The molecule has 10 heteroatoms. The number of rotatable bonds is 4.